The number of carbonyl (C=O) groups is 1. The molecule has 3 rings (SSSR count). The number of benzene rings is 1. The fourth-order valence-corrected chi connectivity index (χ4v) is 2.27. The van der Waals surface area contributed by atoms with Crippen molar-refractivity contribution in [2.24, 2.45) is 0 Å². The van der Waals surface area contributed by atoms with Crippen LogP contribution in [0, 0.1) is 25.5 Å². The van der Waals surface area contributed by atoms with Crippen molar-refractivity contribution in [1.29, 1.82) is 0 Å². The van der Waals surface area contributed by atoms with Gasteiger partial charge in [0.05, 0.1) is 11.3 Å². The predicted octanol–water partition coefficient (Wildman–Crippen LogP) is 2.10. The first-order valence-electron chi connectivity index (χ1n) is 7.25. The number of carbonyl (C=O) groups excluding carboxylic acids is 1. The van der Waals surface area contributed by atoms with Crippen LogP contribution in [0.4, 0.5) is 14.6 Å². The van der Waals surface area contributed by atoms with Crippen LogP contribution in [0.25, 0.3) is 5.95 Å². The molecule has 3 aromatic rings. The number of rotatable bonds is 3. The summed E-state index contributed by atoms with van der Waals surface area (Å²) in [5.74, 6) is -2.26. The number of aromatic amines is 1. The molecule has 0 radical (unpaired) electrons. The molecule has 128 valence electrons. The minimum Gasteiger partial charge on any atom is -0.306 e. The predicted molar refractivity (Wildman–Crippen MR) is 85.8 cm³/mol. The lowest BCUT2D eigenvalue weighted by Crippen LogP contribution is -2.19. The fraction of sp³-hybridized carbons (Fsp3) is 0.125. The number of nitrogens with one attached hydrogen (secondary N) is 2. The summed E-state index contributed by atoms with van der Waals surface area (Å²) in [5.41, 5.74) is 0.308. The van der Waals surface area contributed by atoms with E-state index in [9.17, 15) is 18.4 Å². The molecule has 0 aliphatic heterocycles. The molecule has 0 unspecified atom stereocenters. The zero-order chi connectivity index (χ0) is 18.1. The number of nitrogens with zero attached hydrogens (tertiary/aromatic N) is 3. The monoisotopic (exact) mass is 345 g/mol. The largest absolute Gasteiger partial charge is 0.306 e. The molecule has 9 heteroatoms. The Kier molecular flexibility index (Phi) is 4.14. The third-order valence-electron chi connectivity index (χ3n) is 3.31. The van der Waals surface area contributed by atoms with E-state index < -0.39 is 17.5 Å². The van der Waals surface area contributed by atoms with Gasteiger partial charge in [-0.15, -0.1) is 0 Å². The maximum atomic E-state index is 13.8. The Morgan fingerprint density at radius 2 is 1.92 bits per heavy atom. The second kappa shape index (κ2) is 6.27. The fourth-order valence-electron chi connectivity index (χ4n) is 2.27. The lowest BCUT2D eigenvalue weighted by Gasteiger charge is -2.09. The summed E-state index contributed by atoms with van der Waals surface area (Å²) in [4.78, 5) is 30.5. The van der Waals surface area contributed by atoms with Gasteiger partial charge in [-0.3, -0.25) is 14.6 Å². The van der Waals surface area contributed by atoms with E-state index in [1.54, 1.807) is 13.8 Å². The van der Waals surface area contributed by atoms with Crippen LogP contribution in [0.3, 0.4) is 0 Å². The van der Waals surface area contributed by atoms with E-state index in [1.165, 1.54) is 16.8 Å². The van der Waals surface area contributed by atoms with Crippen molar-refractivity contribution in [3.63, 3.8) is 0 Å². The average Bonchev–Trinajstić information content (AvgIpc) is 2.86. The van der Waals surface area contributed by atoms with Crippen molar-refractivity contribution in [2.75, 3.05) is 5.32 Å². The molecule has 7 nitrogen and oxygen atoms in total. The Hall–Kier alpha value is -3.36. The molecule has 2 aromatic heterocycles. The van der Waals surface area contributed by atoms with Gasteiger partial charge in [-0.1, -0.05) is 0 Å². The first-order chi connectivity index (χ1) is 11.8. The van der Waals surface area contributed by atoms with Crippen molar-refractivity contribution in [1.82, 2.24) is 19.7 Å². The van der Waals surface area contributed by atoms with Gasteiger partial charge in [0.15, 0.2) is 0 Å². The second-order valence-electron chi connectivity index (χ2n) is 5.37. The molecule has 2 heterocycles. The van der Waals surface area contributed by atoms with Crippen LogP contribution in [0.1, 0.15) is 21.7 Å². The van der Waals surface area contributed by atoms with Crippen LogP contribution in [0.2, 0.25) is 0 Å². The molecular weight excluding hydrogens is 332 g/mol. The van der Waals surface area contributed by atoms with Crippen molar-refractivity contribution in [2.45, 2.75) is 13.8 Å². The van der Waals surface area contributed by atoms with Crippen LogP contribution in [0.15, 0.2) is 35.1 Å². The molecule has 2 N–H and O–H groups in total. The summed E-state index contributed by atoms with van der Waals surface area (Å²) in [6.07, 6.45) is 0. The number of aromatic nitrogens is 4. The van der Waals surface area contributed by atoms with Crippen molar-refractivity contribution in [3.05, 3.63) is 69.3 Å². The third-order valence-corrected chi connectivity index (χ3v) is 3.31. The van der Waals surface area contributed by atoms with Crippen LogP contribution in [-0.4, -0.2) is 25.7 Å². The first kappa shape index (κ1) is 16.5. The van der Waals surface area contributed by atoms with Gasteiger partial charge in [-0.2, -0.15) is 9.78 Å². The van der Waals surface area contributed by atoms with Crippen LogP contribution in [0.5, 0.6) is 0 Å². The maximum absolute atomic E-state index is 13.8. The SMILES string of the molecule is Cc1cc(=O)[nH]c(-n2nc(C)cc2NC(=O)c2ccc(F)cc2F)n1. The lowest BCUT2D eigenvalue weighted by atomic mass is 10.2. The molecule has 1 aromatic carbocycles. The lowest BCUT2D eigenvalue weighted by molar-refractivity contribution is 0.102. The molecule has 0 spiro atoms. The Morgan fingerprint density at radius 3 is 2.60 bits per heavy atom. The summed E-state index contributed by atoms with van der Waals surface area (Å²) in [6, 6.07) is 5.49. The molecule has 0 aliphatic carbocycles. The highest BCUT2D eigenvalue weighted by atomic mass is 19.1. The van der Waals surface area contributed by atoms with Gasteiger partial charge < -0.3 is 5.32 Å². The van der Waals surface area contributed by atoms with Crippen molar-refractivity contribution >= 4 is 11.7 Å². The zero-order valence-electron chi connectivity index (χ0n) is 13.3. The minimum atomic E-state index is -0.984. The van der Waals surface area contributed by atoms with Gasteiger partial charge in [-0.25, -0.2) is 13.8 Å². The van der Waals surface area contributed by atoms with E-state index in [4.69, 9.17) is 0 Å². The van der Waals surface area contributed by atoms with Gasteiger partial charge in [-0.05, 0) is 26.0 Å². The summed E-state index contributed by atoms with van der Waals surface area (Å²) in [5, 5.41) is 6.64. The number of halogens is 2. The third kappa shape index (κ3) is 3.44. The second-order valence-corrected chi connectivity index (χ2v) is 5.37. The van der Waals surface area contributed by atoms with E-state index >= 15 is 0 Å². The number of anilines is 1. The van der Waals surface area contributed by atoms with Gasteiger partial charge >= 0.3 is 0 Å². The van der Waals surface area contributed by atoms with Gasteiger partial charge in [0, 0.05) is 23.9 Å². The van der Waals surface area contributed by atoms with E-state index in [0.29, 0.717) is 17.5 Å². The molecule has 0 saturated heterocycles. The Morgan fingerprint density at radius 1 is 1.16 bits per heavy atom. The number of amides is 1. The number of hydrogen-bond donors (Lipinski definition) is 2. The van der Waals surface area contributed by atoms with Crippen LogP contribution in [-0.2, 0) is 0 Å². The van der Waals surface area contributed by atoms with Gasteiger partial charge in [0.1, 0.15) is 17.5 Å². The number of aryl methyl sites for hydroxylation is 2. The normalized spacial score (nSPS) is 10.7. The average molecular weight is 345 g/mol. The first-order valence-corrected chi connectivity index (χ1v) is 7.25. The molecular formula is C16H13F2N5O2. The van der Waals surface area contributed by atoms with E-state index in [2.05, 4.69) is 20.4 Å². The Labute approximate surface area is 140 Å². The molecule has 0 bridgehead atoms. The van der Waals surface area contributed by atoms with Crippen LogP contribution < -0.4 is 10.9 Å². The molecule has 0 atom stereocenters. The number of hydrogen-bond acceptors (Lipinski definition) is 4. The highest BCUT2D eigenvalue weighted by molar-refractivity contribution is 6.04. The summed E-state index contributed by atoms with van der Waals surface area (Å²) >= 11 is 0. The van der Waals surface area contributed by atoms with E-state index in [-0.39, 0.29) is 22.9 Å². The topological polar surface area (TPSA) is 92.7 Å². The summed E-state index contributed by atoms with van der Waals surface area (Å²) in [6.45, 7) is 3.32. The van der Waals surface area contributed by atoms with Crippen molar-refractivity contribution in [3.8, 4) is 5.95 Å². The minimum absolute atomic E-state index is 0.105. The van der Waals surface area contributed by atoms with Gasteiger partial charge in [0.2, 0.25) is 5.95 Å². The highest BCUT2D eigenvalue weighted by Crippen LogP contribution is 2.17. The molecule has 0 fully saturated rings. The summed E-state index contributed by atoms with van der Waals surface area (Å²) in [7, 11) is 0. The van der Waals surface area contributed by atoms with Crippen LogP contribution >= 0.6 is 0 Å². The molecule has 0 saturated carbocycles. The molecule has 1 amide bonds. The highest BCUT2D eigenvalue weighted by Gasteiger charge is 2.17. The van der Waals surface area contributed by atoms with Crippen molar-refractivity contribution < 1.29 is 13.6 Å². The van der Waals surface area contributed by atoms with E-state index in [1.807, 2.05) is 0 Å². The Balaban J connectivity index is 1.98. The van der Waals surface area contributed by atoms with Gasteiger partial charge in [0.25, 0.3) is 11.5 Å². The molecule has 25 heavy (non-hydrogen) atoms. The molecule has 0 aliphatic rings. The quantitative estimate of drug-likeness (QED) is 0.760. The zero-order valence-corrected chi connectivity index (χ0v) is 13.3. The maximum Gasteiger partial charge on any atom is 0.259 e. The smallest absolute Gasteiger partial charge is 0.259 e. The summed E-state index contributed by atoms with van der Waals surface area (Å²) < 4.78 is 28.0. The number of H-pyrrole nitrogens is 1. The standard InChI is InChI=1S/C16H13F2N5O2/c1-8-6-14(24)21-16(19-8)23-13(5-9(2)22-23)20-15(25)11-4-3-10(17)7-12(11)18/h3-7H,1-2H3,(H,20,25)(H,19,21,24). The van der Waals surface area contributed by atoms with E-state index in [0.717, 1.165) is 12.1 Å². The Bertz CT molecular complexity index is 1030.